The van der Waals surface area contributed by atoms with Gasteiger partial charge in [-0.3, -0.25) is 0 Å². The smallest absolute Gasteiger partial charge is 0.399 e. The van der Waals surface area contributed by atoms with E-state index in [-0.39, 0.29) is 0 Å². The monoisotopic (exact) mass is 988 g/mol. The van der Waals surface area contributed by atoms with Crippen LogP contribution in [0.5, 0.6) is 0 Å². The molecule has 1 aliphatic heterocycles. The second-order valence-electron chi connectivity index (χ2n) is 18.9. The van der Waals surface area contributed by atoms with Crippen LogP contribution in [0.15, 0.2) is 206 Å². The average molecular weight is 989 g/mol. The molecule has 0 bridgehead atoms. The second-order valence-corrected chi connectivity index (χ2v) is 21.3. The van der Waals surface area contributed by atoms with Gasteiger partial charge in [-0.2, -0.15) is 0 Å². The predicted octanol–water partition coefficient (Wildman–Crippen LogP) is 16.6. The van der Waals surface area contributed by atoms with Crippen LogP contribution in [0, 0.1) is 0 Å². The molecule has 0 radical (unpaired) electrons. The molecule has 6 nitrogen and oxygen atoms in total. The second kappa shape index (κ2) is 18.7. The highest BCUT2D eigenvalue weighted by Crippen LogP contribution is 2.44. The van der Waals surface area contributed by atoms with Gasteiger partial charge in [0.05, 0.1) is 52.7 Å². The normalized spacial score (nSPS) is 14.0. The van der Waals surface area contributed by atoms with Crippen LogP contribution in [0.1, 0.15) is 27.7 Å². The minimum Gasteiger partial charge on any atom is -0.399 e. The molecule has 0 spiro atoms. The van der Waals surface area contributed by atoms with Crippen molar-refractivity contribution in [3.63, 3.8) is 0 Å². The van der Waals surface area contributed by atoms with Gasteiger partial charge in [0.15, 0.2) is 11.6 Å². The first-order valence-electron chi connectivity index (χ1n) is 24.0. The van der Waals surface area contributed by atoms with Crippen LogP contribution in [0.4, 0.5) is 0 Å². The highest BCUT2D eigenvalue weighted by atomic mass is 35.5. The zero-order chi connectivity index (χ0) is 49.0. The van der Waals surface area contributed by atoms with Gasteiger partial charge in [0.25, 0.3) is 0 Å². The van der Waals surface area contributed by atoms with Crippen molar-refractivity contribution < 1.29 is 9.31 Å². The van der Waals surface area contributed by atoms with E-state index in [1.807, 2.05) is 72.8 Å². The molecule has 0 N–H and O–H groups in total. The van der Waals surface area contributed by atoms with Crippen LogP contribution in [0.2, 0.25) is 5.02 Å². The van der Waals surface area contributed by atoms with E-state index in [2.05, 4.69) is 161 Å². The molecule has 0 atom stereocenters. The molecule has 13 rings (SSSR count). The molecule has 12 aromatic rings. The average Bonchev–Trinajstić information content (AvgIpc) is 4.07. The van der Waals surface area contributed by atoms with Crippen molar-refractivity contribution in [2.75, 3.05) is 0 Å². The lowest BCUT2D eigenvalue weighted by atomic mass is 9.78. The molecule has 0 saturated carbocycles. The Kier molecular flexibility index (Phi) is 11.9. The number of thiophene rings is 2. The summed E-state index contributed by atoms with van der Waals surface area (Å²) in [7, 11) is -0.447. The maximum absolute atomic E-state index is 6.53. The van der Waals surface area contributed by atoms with Gasteiger partial charge >= 0.3 is 7.12 Å². The number of nitrogens with zero attached hydrogens (tertiary/aromatic N) is 4. The van der Waals surface area contributed by atoms with Gasteiger partial charge in [-0.1, -0.05) is 212 Å². The van der Waals surface area contributed by atoms with Crippen molar-refractivity contribution in [3.8, 4) is 67.5 Å². The fourth-order valence-corrected chi connectivity index (χ4v) is 11.9. The van der Waals surface area contributed by atoms with Crippen LogP contribution >= 0.6 is 34.3 Å². The van der Waals surface area contributed by atoms with Gasteiger partial charge in [-0.15, -0.1) is 22.7 Å². The van der Waals surface area contributed by atoms with Gasteiger partial charge in [0.2, 0.25) is 0 Å². The molecule has 10 heteroatoms. The zero-order valence-corrected chi connectivity index (χ0v) is 42.4. The summed E-state index contributed by atoms with van der Waals surface area (Å²) in [5, 5.41) is 2.91. The molecule has 0 amide bonds. The van der Waals surface area contributed by atoms with Crippen molar-refractivity contribution in [2.45, 2.75) is 38.9 Å². The summed E-state index contributed by atoms with van der Waals surface area (Å²) in [5.41, 5.74) is 12.9. The number of aromatic nitrogens is 4. The fraction of sp³-hybridized carbons (Fsp3) is 0.0968. The van der Waals surface area contributed by atoms with E-state index in [1.54, 1.807) is 22.7 Å². The van der Waals surface area contributed by atoms with Crippen molar-refractivity contribution in [1.29, 1.82) is 0 Å². The molecule has 5 heterocycles. The van der Waals surface area contributed by atoms with E-state index >= 15 is 0 Å². The molecule has 72 heavy (non-hydrogen) atoms. The predicted molar refractivity (Wildman–Crippen MR) is 303 cm³/mol. The molecule has 0 aliphatic carbocycles. The number of hydrogen-bond donors (Lipinski definition) is 0. The minimum absolute atomic E-state index is 0.414. The third kappa shape index (κ3) is 8.47. The van der Waals surface area contributed by atoms with Gasteiger partial charge < -0.3 is 9.31 Å². The molecule has 4 aromatic heterocycles. The van der Waals surface area contributed by atoms with Crippen molar-refractivity contribution >= 4 is 87.5 Å². The molecule has 0 unspecified atom stereocenters. The Hall–Kier alpha value is -7.37. The minimum atomic E-state index is -0.447. The Morgan fingerprint density at radius 2 is 0.722 bits per heavy atom. The number of halogens is 1. The molecule has 1 aliphatic rings. The van der Waals surface area contributed by atoms with E-state index < -0.39 is 18.3 Å². The Bertz CT molecular complexity index is 3910. The first-order valence-corrected chi connectivity index (χ1v) is 26.0. The first-order chi connectivity index (χ1) is 35.1. The number of benzene rings is 8. The lowest BCUT2D eigenvalue weighted by Gasteiger charge is -2.32. The van der Waals surface area contributed by atoms with Gasteiger partial charge in [-0.05, 0) is 56.0 Å². The Labute approximate surface area is 431 Å². The summed E-state index contributed by atoms with van der Waals surface area (Å²) in [6.45, 7) is 8.36. The summed E-state index contributed by atoms with van der Waals surface area (Å²) in [6.07, 6.45) is 0. The Morgan fingerprint density at radius 1 is 0.361 bits per heavy atom. The van der Waals surface area contributed by atoms with Crippen molar-refractivity contribution in [3.05, 3.63) is 211 Å². The highest BCUT2D eigenvalue weighted by Gasteiger charge is 2.52. The van der Waals surface area contributed by atoms with Crippen LogP contribution in [-0.2, 0) is 9.31 Å². The maximum atomic E-state index is 6.53. The number of rotatable bonds is 7. The summed E-state index contributed by atoms with van der Waals surface area (Å²) < 4.78 is 17.2. The molecule has 1 saturated heterocycles. The molecule has 8 aromatic carbocycles. The zero-order valence-electron chi connectivity index (χ0n) is 40.0. The standard InChI is InChI=1S/C34H29BN2O2S.C28H17ClN2S/c1-33(2)34(3,4)39-35(38-33)27-17-11-16-26-29-31(40-30(26)27)28(36-32(37-29)25-14-9-6-10-15-25)24-20-18-23(19-21-24)22-12-7-5-8-13-22;29-23-13-7-12-22-25-27(32-26(22)23)24(30-28(31-25)21-10-5-2-6-11-21)20-16-14-19(15-17-20)18-8-3-1-4-9-18/h5-21H,1-4H3;1-17H. The maximum Gasteiger partial charge on any atom is 0.496 e. The lowest BCUT2D eigenvalue weighted by Crippen LogP contribution is -2.41. The summed E-state index contributed by atoms with van der Waals surface area (Å²) in [5.74, 6) is 1.44. The van der Waals surface area contributed by atoms with E-state index in [0.717, 1.165) is 96.4 Å². The van der Waals surface area contributed by atoms with E-state index in [1.165, 1.54) is 22.3 Å². The van der Waals surface area contributed by atoms with Crippen molar-refractivity contribution in [1.82, 2.24) is 19.9 Å². The molecule has 1 fully saturated rings. The van der Waals surface area contributed by atoms with E-state index in [9.17, 15) is 0 Å². The topological polar surface area (TPSA) is 70.0 Å². The largest absolute Gasteiger partial charge is 0.496 e. The number of fused-ring (bicyclic) bond motifs is 6. The lowest BCUT2D eigenvalue weighted by molar-refractivity contribution is 0.00578. The first kappa shape index (κ1) is 45.8. The highest BCUT2D eigenvalue weighted by molar-refractivity contribution is 7.27. The third-order valence-electron chi connectivity index (χ3n) is 13.8. The molecule has 348 valence electrons. The SMILES string of the molecule is CC1(C)OB(c2cccc3c2sc2c(-c4ccc(-c5ccccc5)cc4)nc(-c4ccccc4)nc23)OC1(C)C.Clc1cccc2c1sc1c(-c3ccc(-c4ccccc4)cc3)nc(-c3ccccc3)nc12. The summed E-state index contributed by atoms with van der Waals surface area (Å²) >= 11 is 9.91. The summed E-state index contributed by atoms with van der Waals surface area (Å²) in [6, 6.07) is 70.8. The Morgan fingerprint density at radius 3 is 1.17 bits per heavy atom. The van der Waals surface area contributed by atoms with Gasteiger partial charge in [0.1, 0.15) is 0 Å². The molecular formula is C62H46BClN4O2S2. The van der Waals surface area contributed by atoms with Gasteiger partial charge in [0, 0.05) is 43.2 Å². The van der Waals surface area contributed by atoms with E-state index in [0.29, 0.717) is 0 Å². The van der Waals surface area contributed by atoms with Crippen LogP contribution in [0.3, 0.4) is 0 Å². The van der Waals surface area contributed by atoms with Gasteiger partial charge in [-0.25, -0.2) is 19.9 Å². The Balaban J connectivity index is 0.000000151. The quantitative estimate of drug-likeness (QED) is 0.148. The van der Waals surface area contributed by atoms with Crippen LogP contribution < -0.4 is 5.46 Å². The number of hydrogen-bond acceptors (Lipinski definition) is 8. The molecular weight excluding hydrogens is 943 g/mol. The van der Waals surface area contributed by atoms with Crippen molar-refractivity contribution in [2.24, 2.45) is 0 Å². The van der Waals surface area contributed by atoms with E-state index in [4.69, 9.17) is 40.8 Å². The fourth-order valence-electron chi connectivity index (χ4n) is 9.20. The van der Waals surface area contributed by atoms with Crippen LogP contribution in [-0.4, -0.2) is 38.3 Å². The summed E-state index contributed by atoms with van der Waals surface area (Å²) in [4.78, 5) is 20.3. The van der Waals surface area contributed by atoms with Crippen LogP contribution in [0.25, 0.3) is 108 Å². The third-order valence-corrected chi connectivity index (χ3v) is 16.7.